The van der Waals surface area contributed by atoms with Gasteiger partial charge in [0.15, 0.2) is 0 Å². The molecule has 0 atom stereocenters. The SMILES string of the molecule is O=C(C=Cc1ccc(-c2ccc(Br)cc2Cl)o1)NO. The number of rotatable bonds is 3. The van der Waals surface area contributed by atoms with Crippen LogP contribution in [0.15, 0.2) is 45.3 Å². The molecule has 0 saturated carbocycles. The van der Waals surface area contributed by atoms with Crippen LogP contribution in [0.3, 0.4) is 0 Å². The molecule has 0 aliphatic rings. The van der Waals surface area contributed by atoms with Crippen LogP contribution in [0.1, 0.15) is 5.76 Å². The number of amides is 1. The quantitative estimate of drug-likeness (QED) is 0.505. The van der Waals surface area contributed by atoms with Gasteiger partial charge < -0.3 is 4.42 Å². The number of halogens is 2. The summed E-state index contributed by atoms with van der Waals surface area (Å²) < 4.78 is 6.42. The zero-order valence-corrected chi connectivity index (χ0v) is 11.9. The molecule has 0 fully saturated rings. The number of hydrogen-bond donors (Lipinski definition) is 2. The van der Waals surface area contributed by atoms with E-state index in [1.165, 1.54) is 11.6 Å². The number of hydrogen-bond acceptors (Lipinski definition) is 3. The summed E-state index contributed by atoms with van der Waals surface area (Å²) in [6, 6.07) is 8.92. The molecular weight excluding hydrogens is 334 g/mol. The topological polar surface area (TPSA) is 62.5 Å². The Bertz CT molecular complexity index is 637. The maximum Gasteiger partial charge on any atom is 0.267 e. The molecule has 1 heterocycles. The Kier molecular flexibility index (Phi) is 4.42. The smallest absolute Gasteiger partial charge is 0.267 e. The van der Waals surface area contributed by atoms with E-state index in [1.807, 2.05) is 12.1 Å². The minimum Gasteiger partial charge on any atom is -0.457 e. The van der Waals surface area contributed by atoms with Crippen LogP contribution in [-0.2, 0) is 4.79 Å². The molecule has 0 radical (unpaired) electrons. The molecule has 98 valence electrons. The van der Waals surface area contributed by atoms with E-state index >= 15 is 0 Å². The molecule has 0 saturated heterocycles. The van der Waals surface area contributed by atoms with Crippen LogP contribution >= 0.6 is 27.5 Å². The van der Waals surface area contributed by atoms with Crippen molar-refractivity contribution < 1.29 is 14.4 Å². The summed E-state index contributed by atoms with van der Waals surface area (Å²) >= 11 is 9.45. The first-order valence-electron chi connectivity index (χ1n) is 5.27. The van der Waals surface area contributed by atoms with Crippen LogP contribution in [0, 0.1) is 0 Å². The average Bonchev–Trinajstić information content (AvgIpc) is 2.84. The van der Waals surface area contributed by atoms with Crippen molar-refractivity contribution in [2.45, 2.75) is 0 Å². The van der Waals surface area contributed by atoms with E-state index in [0.717, 1.165) is 16.1 Å². The maximum atomic E-state index is 10.8. The summed E-state index contributed by atoms with van der Waals surface area (Å²) in [5.41, 5.74) is 2.26. The van der Waals surface area contributed by atoms with Crippen LogP contribution in [0.25, 0.3) is 17.4 Å². The molecule has 0 aliphatic carbocycles. The largest absolute Gasteiger partial charge is 0.457 e. The van der Waals surface area contributed by atoms with Crippen LogP contribution in [0.2, 0.25) is 5.02 Å². The number of furan rings is 1. The molecule has 1 amide bonds. The highest BCUT2D eigenvalue weighted by molar-refractivity contribution is 9.10. The first kappa shape index (κ1) is 13.9. The van der Waals surface area contributed by atoms with Crippen LogP contribution in [0.4, 0.5) is 0 Å². The third-order valence-electron chi connectivity index (χ3n) is 2.33. The van der Waals surface area contributed by atoms with Crippen molar-refractivity contribution in [2.24, 2.45) is 0 Å². The highest BCUT2D eigenvalue weighted by Gasteiger charge is 2.08. The minimum atomic E-state index is -0.625. The number of carbonyl (C=O) groups excluding carboxylic acids is 1. The fourth-order valence-corrected chi connectivity index (χ4v) is 2.24. The van der Waals surface area contributed by atoms with Gasteiger partial charge in [-0.15, -0.1) is 0 Å². The predicted octanol–water partition coefficient (Wildman–Crippen LogP) is 3.88. The van der Waals surface area contributed by atoms with E-state index in [-0.39, 0.29) is 0 Å². The molecule has 19 heavy (non-hydrogen) atoms. The summed E-state index contributed by atoms with van der Waals surface area (Å²) in [6.07, 6.45) is 2.60. The molecule has 0 bridgehead atoms. The van der Waals surface area contributed by atoms with Crippen LogP contribution in [-0.4, -0.2) is 11.1 Å². The van der Waals surface area contributed by atoms with Crippen molar-refractivity contribution >= 4 is 39.5 Å². The summed E-state index contributed by atoms with van der Waals surface area (Å²) in [6.45, 7) is 0. The van der Waals surface area contributed by atoms with Crippen molar-refractivity contribution in [2.75, 3.05) is 0 Å². The normalized spacial score (nSPS) is 10.9. The van der Waals surface area contributed by atoms with Crippen molar-refractivity contribution in [3.05, 3.63) is 51.7 Å². The highest BCUT2D eigenvalue weighted by Crippen LogP contribution is 2.31. The first-order valence-corrected chi connectivity index (χ1v) is 6.44. The lowest BCUT2D eigenvalue weighted by Crippen LogP contribution is -2.14. The molecule has 2 N–H and O–H groups in total. The van der Waals surface area contributed by atoms with Crippen LogP contribution in [0.5, 0.6) is 0 Å². The van der Waals surface area contributed by atoms with E-state index < -0.39 is 5.91 Å². The van der Waals surface area contributed by atoms with E-state index in [2.05, 4.69) is 15.9 Å². The zero-order valence-electron chi connectivity index (χ0n) is 9.56. The molecule has 2 aromatic rings. The third kappa shape index (κ3) is 3.47. The van der Waals surface area contributed by atoms with Crippen molar-refractivity contribution in [3.63, 3.8) is 0 Å². The monoisotopic (exact) mass is 341 g/mol. The second-order valence-electron chi connectivity index (χ2n) is 3.64. The standard InChI is InChI=1S/C13H9BrClNO3/c14-8-1-4-10(11(15)7-8)12-5-2-9(19-12)3-6-13(17)16-18/h1-7,18H,(H,16,17). The zero-order chi connectivity index (χ0) is 13.8. The Morgan fingerprint density at radius 3 is 2.84 bits per heavy atom. The third-order valence-corrected chi connectivity index (χ3v) is 3.14. The summed E-state index contributed by atoms with van der Waals surface area (Å²) in [4.78, 5) is 10.8. The van der Waals surface area contributed by atoms with Crippen molar-refractivity contribution in [1.82, 2.24) is 5.48 Å². The summed E-state index contributed by atoms with van der Waals surface area (Å²) in [5.74, 6) is 0.457. The molecule has 1 aromatic heterocycles. The fourth-order valence-electron chi connectivity index (χ4n) is 1.47. The first-order chi connectivity index (χ1) is 9.10. The number of hydroxylamine groups is 1. The van der Waals surface area contributed by atoms with E-state index in [0.29, 0.717) is 16.5 Å². The molecule has 0 spiro atoms. The minimum absolute atomic E-state index is 0.484. The molecular formula is C13H9BrClNO3. The molecule has 4 nitrogen and oxygen atoms in total. The van der Waals surface area contributed by atoms with Gasteiger partial charge in [0, 0.05) is 16.1 Å². The van der Waals surface area contributed by atoms with Crippen LogP contribution < -0.4 is 5.48 Å². The Labute approximate surface area is 122 Å². The van der Waals surface area contributed by atoms with Crippen molar-refractivity contribution in [1.29, 1.82) is 0 Å². The Hall–Kier alpha value is -1.56. The molecule has 0 aliphatic heterocycles. The molecule has 0 unspecified atom stereocenters. The number of nitrogens with one attached hydrogen (secondary N) is 1. The van der Waals surface area contributed by atoms with Gasteiger partial charge in [0.2, 0.25) is 0 Å². The van der Waals surface area contributed by atoms with Gasteiger partial charge in [-0.3, -0.25) is 10.0 Å². The Morgan fingerprint density at radius 1 is 1.37 bits per heavy atom. The fraction of sp³-hybridized carbons (Fsp3) is 0. The summed E-state index contributed by atoms with van der Waals surface area (Å²) in [7, 11) is 0. The van der Waals surface area contributed by atoms with E-state index in [4.69, 9.17) is 21.2 Å². The van der Waals surface area contributed by atoms with Gasteiger partial charge in [-0.2, -0.15) is 0 Å². The summed E-state index contributed by atoms with van der Waals surface area (Å²) in [5, 5.41) is 8.92. The number of carbonyl (C=O) groups is 1. The molecule has 1 aromatic carbocycles. The van der Waals surface area contributed by atoms with Gasteiger partial charge in [-0.05, 0) is 36.4 Å². The second-order valence-corrected chi connectivity index (χ2v) is 4.96. The van der Waals surface area contributed by atoms with Gasteiger partial charge >= 0.3 is 0 Å². The van der Waals surface area contributed by atoms with E-state index in [9.17, 15) is 4.79 Å². The van der Waals surface area contributed by atoms with Gasteiger partial charge in [0.1, 0.15) is 11.5 Å². The Morgan fingerprint density at radius 2 is 2.16 bits per heavy atom. The number of benzene rings is 1. The average molecular weight is 343 g/mol. The molecule has 6 heteroatoms. The van der Waals surface area contributed by atoms with Gasteiger partial charge in [-0.1, -0.05) is 27.5 Å². The lowest BCUT2D eigenvalue weighted by Gasteiger charge is -2.00. The Balaban J connectivity index is 2.26. The van der Waals surface area contributed by atoms with Crippen molar-refractivity contribution in [3.8, 4) is 11.3 Å². The van der Waals surface area contributed by atoms with Gasteiger partial charge in [0.25, 0.3) is 5.91 Å². The molecule has 2 rings (SSSR count). The van der Waals surface area contributed by atoms with E-state index in [1.54, 1.807) is 18.2 Å². The lowest BCUT2D eigenvalue weighted by atomic mass is 10.2. The maximum absolute atomic E-state index is 10.8. The van der Waals surface area contributed by atoms with Gasteiger partial charge in [0.05, 0.1) is 5.02 Å². The lowest BCUT2D eigenvalue weighted by molar-refractivity contribution is -0.124. The highest BCUT2D eigenvalue weighted by atomic mass is 79.9. The predicted molar refractivity (Wildman–Crippen MR) is 75.8 cm³/mol. The second kappa shape index (κ2) is 6.06. The van der Waals surface area contributed by atoms with Gasteiger partial charge in [-0.25, -0.2) is 5.48 Å².